The summed E-state index contributed by atoms with van der Waals surface area (Å²) in [7, 11) is 3.98. The number of piperazine rings is 1. The lowest BCUT2D eigenvalue weighted by atomic mass is 10.2. The Balaban J connectivity index is 1.84. The molecular weight excluding hydrogens is 324 g/mol. The number of nitrogens with one attached hydrogen (secondary N) is 1. The number of aromatic nitrogens is 2. The van der Waals surface area contributed by atoms with E-state index in [4.69, 9.17) is 4.74 Å². The Morgan fingerprint density at radius 2 is 1.76 bits per heavy atom. The summed E-state index contributed by atoms with van der Waals surface area (Å²) in [4.78, 5) is 37.9. The fourth-order valence-electron chi connectivity index (χ4n) is 2.41. The molecule has 0 bridgehead atoms. The molecule has 2 heterocycles. The number of amides is 2. The number of carbonyl (C=O) groups is 2. The largest absolute Gasteiger partial charge is 0.450 e. The lowest BCUT2D eigenvalue weighted by Crippen LogP contribution is -2.50. The second kappa shape index (κ2) is 9.16. The van der Waals surface area contributed by atoms with E-state index >= 15 is 0 Å². The second-order valence-corrected chi connectivity index (χ2v) is 6.00. The summed E-state index contributed by atoms with van der Waals surface area (Å²) in [6.07, 6.45) is 2.74. The molecule has 138 valence electrons. The molecule has 25 heavy (non-hydrogen) atoms. The van der Waals surface area contributed by atoms with Crippen LogP contribution in [-0.4, -0.2) is 96.6 Å². The number of carbonyl (C=O) groups excluding carboxylic acids is 2. The molecule has 0 atom stereocenters. The maximum absolute atomic E-state index is 12.5. The van der Waals surface area contributed by atoms with Crippen molar-refractivity contribution in [3.63, 3.8) is 0 Å². The highest BCUT2D eigenvalue weighted by Gasteiger charge is 2.25. The van der Waals surface area contributed by atoms with Gasteiger partial charge in [-0.2, -0.15) is 0 Å². The number of ether oxygens (including phenoxy) is 1. The summed E-state index contributed by atoms with van der Waals surface area (Å²) < 4.78 is 4.98. The van der Waals surface area contributed by atoms with Gasteiger partial charge in [0.1, 0.15) is 0 Å². The maximum Gasteiger partial charge on any atom is 0.409 e. The number of anilines is 1. The van der Waals surface area contributed by atoms with Crippen LogP contribution >= 0.6 is 0 Å². The number of nitrogens with zero attached hydrogens (tertiary/aromatic N) is 5. The summed E-state index contributed by atoms with van der Waals surface area (Å²) in [5, 5.41) is 3.11. The first-order valence-electron chi connectivity index (χ1n) is 8.43. The molecule has 0 aromatic carbocycles. The van der Waals surface area contributed by atoms with E-state index < -0.39 is 0 Å². The number of rotatable bonds is 6. The maximum atomic E-state index is 12.5. The molecule has 0 saturated carbocycles. The van der Waals surface area contributed by atoms with E-state index in [0.717, 1.165) is 13.1 Å². The van der Waals surface area contributed by atoms with E-state index in [-0.39, 0.29) is 12.0 Å². The van der Waals surface area contributed by atoms with Gasteiger partial charge in [-0.05, 0) is 21.0 Å². The van der Waals surface area contributed by atoms with Crippen molar-refractivity contribution in [3.05, 3.63) is 18.0 Å². The molecule has 0 aliphatic carbocycles. The minimum atomic E-state index is -0.328. The van der Waals surface area contributed by atoms with Gasteiger partial charge in [0.25, 0.3) is 5.91 Å². The predicted octanol–water partition coefficient (Wildman–Crippen LogP) is 0.364. The van der Waals surface area contributed by atoms with Crippen molar-refractivity contribution in [2.75, 3.05) is 65.3 Å². The molecule has 1 saturated heterocycles. The molecule has 1 aromatic heterocycles. The van der Waals surface area contributed by atoms with Crippen LogP contribution in [0.5, 0.6) is 0 Å². The van der Waals surface area contributed by atoms with Crippen molar-refractivity contribution in [3.8, 4) is 0 Å². The fourth-order valence-corrected chi connectivity index (χ4v) is 2.41. The second-order valence-electron chi connectivity index (χ2n) is 6.00. The summed E-state index contributed by atoms with van der Waals surface area (Å²) in [5.74, 6) is 0.383. The summed E-state index contributed by atoms with van der Waals surface area (Å²) in [5.41, 5.74) is 0.447. The summed E-state index contributed by atoms with van der Waals surface area (Å²) in [6, 6.07) is 0. The van der Waals surface area contributed by atoms with Gasteiger partial charge in [0.05, 0.1) is 12.2 Å². The van der Waals surface area contributed by atoms with Gasteiger partial charge in [-0.15, -0.1) is 0 Å². The smallest absolute Gasteiger partial charge is 0.409 e. The van der Waals surface area contributed by atoms with Gasteiger partial charge in [0, 0.05) is 51.7 Å². The number of hydrogen-bond donors (Lipinski definition) is 1. The Bertz CT molecular complexity index is 570. The molecular formula is C16H26N6O3. The van der Waals surface area contributed by atoms with Crippen LogP contribution in [0.2, 0.25) is 0 Å². The Hall–Kier alpha value is -2.42. The van der Waals surface area contributed by atoms with Crippen LogP contribution in [0.15, 0.2) is 12.4 Å². The van der Waals surface area contributed by atoms with E-state index in [2.05, 4.69) is 20.2 Å². The van der Waals surface area contributed by atoms with Gasteiger partial charge in [-0.25, -0.2) is 14.8 Å². The van der Waals surface area contributed by atoms with Crippen molar-refractivity contribution < 1.29 is 14.3 Å². The van der Waals surface area contributed by atoms with Crippen LogP contribution in [0.4, 0.5) is 10.7 Å². The third kappa shape index (κ3) is 5.56. The van der Waals surface area contributed by atoms with Gasteiger partial charge in [-0.3, -0.25) is 4.79 Å². The van der Waals surface area contributed by atoms with E-state index in [0.29, 0.717) is 44.3 Å². The number of likely N-dealkylation sites (N-methyl/N-ethyl adjacent to an activating group) is 1. The normalized spacial score (nSPS) is 14.6. The molecule has 9 heteroatoms. The highest BCUT2D eigenvalue weighted by molar-refractivity contribution is 5.93. The Kier molecular flexibility index (Phi) is 6.93. The van der Waals surface area contributed by atoms with Crippen molar-refractivity contribution in [2.24, 2.45) is 0 Å². The lowest BCUT2D eigenvalue weighted by Gasteiger charge is -2.33. The Labute approximate surface area is 148 Å². The quantitative estimate of drug-likeness (QED) is 0.792. The van der Waals surface area contributed by atoms with Crippen molar-refractivity contribution in [2.45, 2.75) is 6.92 Å². The molecule has 1 aliphatic heterocycles. The van der Waals surface area contributed by atoms with E-state index in [9.17, 15) is 9.59 Å². The number of hydrogen-bond acceptors (Lipinski definition) is 7. The molecule has 0 spiro atoms. The van der Waals surface area contributed by atoms with E-state index in [1.54, 1.807) is 16.7 Å². The molecule has 2 rings (SSSR count). The third-order valence-electron chi connectivity index (χ3n) is 3.83. The predicted molar refractivity (Wildman–Crippen MR) is 93.6 cm³/mol. The van der Waals surface area contributed by atoms with Crippen LogP contribution in [0.3, 0.4) is 0 Å². The highest BCUT2D eigenvalue weighted by atomic mass is 16.6. The molecule has 1 N–H and O–H groups in total. The average molecular weight is 350 g/mol. The zero-order valence-corrected chi connectivity index (χ0v) is 15.1. The first kappa shape index (κ1) is 18.9. The van der Waals surface area contributed by atoms with Gasteiger partial charge in [0.2, 0.25) is 5.95 Å². The first-order chi connectivity index (χ1) is 12.0. The molecule has 1 aromatic rings. The van der Waals surface area contributed by atoms with Gasteiger partial charge >= 0.3 is 6.09 Å². The van der Waals surface area contributed by atoms with Crippen LogP contribution in [0.1, 0.15) is 17.3 Å². The molecule has 0 radical (unpaired) electrons. The molecule has 1 aliphatic rings. The highest BCUT2D eigenvalue weighted by Crippen LogP contribution is 2.09. The van der Waals surface area contributed by atoms with Gasteiger partial charge in [-0.1, -0.05) is 0 Å². The minimum Gasteiger partial charge on any atom is -0.450 e. The standard InChI is InChI=1S/C16H26N6O3/c1-4-25-16(24)22-9-7-21(8-10-22)14(23)13-11-18-15(19-12-13)17-5-6-20(2)3/h11-12H,4-10H2,1-3H3,(H,17,18,19). The summed E-state index contributed by atoms with van der Waals surface area (Å²) >= 11 is 0. The van der Waals surface area contributed by atoms with Crippen LogP contribution < -0.4 is 5.32 Å². The fraction of sp³-hybridized carbons (Fsp3) is 0.625. The Morgan fingerprint density at radius 1 is 1.16 bits per heavy atom. The third-order valence-corrected chi connectivity index (χ3v) is 3.83. The van der Waals surface area contributed by atoms with Crippen LogP contribution in [0, 0.1) is 0 Å². The molecule has 0 unspecified atom stereocenters. The molecule has 9 nitrogen and oxygen atoms in total. The monoisotopic (exact) mass is 350 g/mol. The lowest BCUT2D eigenvalue weighted by molar-refractivity contribution is 0.0570. The average Bonchev–Trinajstić information content (AvgIpc) is 2.62. The molecule has 1 fully saturated rings. The minimum absolute atomic E-state index is 0.122. The zero-order valence-electron chi connectivity index (χ0n) is 15.1. The van der Waals surface area contributed by atoms with Gasteiger partial charge < -0.3 is 24.8 Å². The van der Waals surface area contributed by atoms with Crippen molar-refractivity contribution in [1.82, 2.24) is 24.7 Å². The van der Waals surface area contributed by atoms with Crippen LogP contribution in [-0.2, 0) is 4.74 Å². The van der Waals surface area contributed by atoms with E-state index in [1.165, 1.54) is 12.4 Å². The topological polar surface area (TPSA) is 90.9 Å². The van der Waals surface area contributed by atoms with Crippen LogP contribution in [0.25, 0.3) is 0 Å². The molecule has 2 amide bonds. The zero-order chi connectivity index (χ0) is 18.2. The van der Waals surface area contributed by atoms with E-state index in [1.807, 2.05) is 14.1 Å². The SMILES string of the molecule is CCOC(=O)N1CCN(C(=O)c2cnc(NCCN(C)C)nc2)CC1. The van der Waals surface area contributed by atoms with Crippen molar-refractivity contribution in [1.29, 1.82) is 0 Å². The first-order valence-corrected chi connectivity index (χ1v) is 8.43. The summed E-state index contributed by atoms with van der Waals surface area (Å²) in [6.45, 7) is 5.61. The Morgan fingerprint density at radius 3 is 2.32 bits per heavy atom. The van der Waals surface area contributed by atoms with Crippen molar-refractivity contribution >= 4 is 17.9 Å². The van der Waals surface area contributed by atoms with Gasteiger partial charge in [0.15, 0.2) is 0 Å².